The van der Waals surface area contributed by atoms with Gasteiger partial charge in [0.05, 0.1) is 5.25 Å². The highest BCUT2D eigenvalue weighted by atomic mass is 32.2. The molecule has 3 N–H and O–H groups in total. The molecule has 0 fully saturated rings. The van der Waals surface area contributed by atoms with Crippen molar-refractivity contribution in [3.05, 3.63) is 90.5 Å². The second kappa shape index (κ2) is 27.0. The van der Waals surface area contributed by atoms with Crippen molar-refractivity contribution in [2.75, 3.05) is 26.0 Å². The Morgan fingerprint density at radius 2 is 1.63 bits per heavy atom. The van der Waals surface area contributed by atoms with Gasteiger partial charge in [-0.2, -0.15) is 0 Å². The van der Waals surface area contributed by atoms with E-state index in [9.17, 15) is 14.4 Å². The van der Waals surface area contributed by atoms with Crippen molar-refractivity contribution in [2.45, 2.75) is 65.3 Å². The minimum Gasteiger partial charge on any atom is -0.355 e. The van der Waals surface area contributed by atoms with E-state index in [4.69, 9.17) is 5.41 Å². The van der Waals surface area contributed by atoms with Gasteiger partial charge in [0.15, 0.2) is 5.17 Å². The number of nitrogens with one attached hydrogen (secondary N) is 3. The maximum Gasteiger partial charge on any atom is 0.211 e. The van der Waals surface area contributed by atoms with E-state index in [1.54, 1.807) is 37.3 Å². The van der Waals surface area contributed by atoms with Gasteiger partial charge < -0.3 is 30.5 Å². The molecular weight excluding hydrogens is 558 g/mol. The van der Waals surface area contributed by atoms with Crippen LogP contribution in [0, 0.1) is 5.41 Å². The number of amides is 1. The molecule has 43 heavy (non-hydrogen) atoms. The Kier molecular flexibility index (Phi) is 26.0. The lowest BCUT2D eigenvalue weighted by Crippen LogP contribution is -2.26. The van der Waals surface area contributed by atoms with Gasteiger partial charge in [0.25, 0.3) is 0 Å². The molecule has 2 aromatic carbocycles. The summed E-state index contributed by atoms with van der Waals surface area (Å²) >= 11 is 1.44. The Labute approximate surface area is 263 Å². The van der Waals surface area contributed by atoms with E-state index < -0.39 is 0 Å². The average Bonchev–Trinajstić information content (AvgIpc) is 3.00. The number of aliphatic imine (C=N–C) groups is 1. The molecule has 0 aliphatic rings. The fourth-order valence-electron chi connectivity index (χ4n) is 2.62. The summed E-state index contributed by atoms with van der Waals surface area (Å²) in [6.07, 6.45) is 8.07. The fourth-order valence-corrected chi connectivity index (χ4v) is 3.78. The molecule has 0 heterocycles. The molecule has 0 radical (unpaired) electrons. The lowest BCUT2D eigenvalue weighted by atomic mass is 10.1. The van der Waals surface area contributed by atoms with Gasteiger partial charge in [-0.15, -0.1) is 0 Å². The van der Waals surface area contributed by atoms with Gasteiger partial charge in [-0.25, -0.2) is 0 Å². The highest BCUT2D eigenvalue weighted by molar-refractivity contribution is 8.14. The molecule has 0 aliphatic carbocycles. The van der Waals surface area contributed by atoms with Gasteiger partial charge in [0.2, 0.25) is 6.41 Å². The molecule has 9 heteroatoms. The highest BCUT2D eigenvalue weighted by Crippen LogP contribution is 2.30. The van der Waals surface area contributed by atoms with Crippen molar-refractivity contribution in [1.29, 1.82) is 5.41 Å². The van der Waals surface area contributed by atoms with Crippen LogP contribution in [-0.4, -0.2) is 67.5 Å². The number of hydrogen-bond donors (Lipinski definition) is 3. The Balaban J connectivity index is 0. The molecule has 0 saturated carbocycles. The number of rotatable bonds is 12. The van der Waals surface area contributed by atoms with Gasteiger partial charge in [0.1, 0.15) is 12.6 Å². The third-order valence-corrected chi connectivity index (χ3v) is 6.48. The number of anilines is 1. The fraction of sp³-hybridized carbons (Fsp3) is 0.382. The van der Waals surface area contributed by atoms with E-state index in [2.05, 4.69) is 36.1 Å². The van der Waals surface area contributed by atoms with Crippen molar-refractivity contribution in [3.63, 3.8) is 0 Å². The van der Waals surface area contributed by atoms with E-state index in [1.165, 1.54) is 11.8 Å². The zero-order valence-corrected chi connectivity index (χ0v) is 27.9. The van der Waals surface area contributed by atoms with Crippen LogP contribution in [0.15, 0.2) is 84.4 Å². The molecule has 2 aromatic rings. The predicted octanol–water partition coefficient (Wildman–Crippen LogP) is 6.75. The largest absolute Gasteiger partial charge is 0.355 e. The summed E-state index contributed by atoms with van der Waals surface area (Å²) in [6, 6.07) is 17.7. The number of benzene rings is 2. The van der Waals surface area contributed by atoms with Crippen LogP contribution < -0.4 is 10.6 Å². The molecule has 0 bridgehead atoms. The smallest absolute Gasteiger partial charge is 0.211 e. The SMILES string of the molecule is C=C/C=C\C(C)=N.CCN(C)C(=NC(C)C)SC(C=O)c1ccc(NC=O)cc1.CNC(C)C.O=CCc1ccccc1. The quantitative estimate of drug-likeness (QED) is 0.106. The summed E-state index contributed by atoms with van der Waals surface area (Å²) in [5.41, 5.74) is 3.22. The maximum atomic E-state index is 11.5. The lowest BCUT2D eigenvalue weighted by Gasteiger charge is -2.22. The second-order valence-electron chi connectivity index (χ2n) is 9.66. The Morgan fingerprint density at radius 1 is 1.05 bits per heavy atom. The van der Waals surface area contributed by atoms with Crippen molar-refractivity contribution in [1.82, 2.24) is 10.2 Å². The van der Waals surface area contributed by atoms with Gasteiger partial charge in [-0.1, -0.05) is 86.8 Å². The van der Waals surface area contributed by atoms with E-state index >= 15 is 0 Å². The summed E-state index contributed by atoms with van der Waals surface area (Å²) < 4.78 is 0. The van der Waals surface area contributed by atoms with E-state index in [0.29, 0.717) is 30.3 Å². The normalized spacial score (nSPS) is 11.1. The highest BCUT2D eigenvalue weighted by Gasteiger charge is 2.17. The molecule has 1 unspecified atom stereocenters. The summed E-state index contributed by atoms with van der Waals surface area (Å²) in [7, 11) is 3.91. The minimum atomic E-state index is -0.322. The topological polar surface area (TPSA) is 115 Å². The Morgan fingerprint density at radius 3 is 2.00 bits per heavy atom. The molecule has 1 amide bonds. The number of carbonyl (C=O) groups excluding carboxylic acids is 3. The third-order valence-electron chi connectivity index (χ3n) is 5.21. The molecule has 0 spiro atoms. The summed E-state index contributed by atoms with van der Waals surface area (Å²) in [4.78, 5) is 38.5. The number of nitrogens with zero attached hydrogens (tertiary/aromatic N) is 2. The number of carbonyl (C=O) groups is 3. The molecular formula is C34H51N5O3S. The van der Waals surface area contributed by atoms with Crippen LogP contribution in [0.5, 0.6) is 0 Å². The van der Waals surface area contributed by atoms with Crippen molar-refractivity contribution < 1.29 is 14.4 Å². The van der Waals surface area contributed by atoms with Gasteiger partial charge >= 0.3 is 0 Å². The number of thioether (sulfide) groups is 1. The standard InChI is InChI=1S/C16H23N3O2S.C8H8O.C6H9N.C4H11N/c1-5-19(4)16(18-12(2)3)22-15(10-20)13-6-8-14(9-7-13)17-11-21;9-7-6-8-4-2-1-3-5-8;1-3-4-5-6(2)7;1-4(2)5-3/h6-12,15H,5H2,1-4H3,(H,17,21);1-5,7H,6H2;3-5,7H,1H2,2H3;4-5H,1-3H3/b;;5-4-,7-6?;. The van der Waals surface area contributed by atoms with Crippen molar-refractivity contribution in [2.24, 2.45) is 4.99 Å². The van der Waals surface area contributed by atoms with Crippen LogP contribution in [0.4, 0.5) is 5.69 Å². The second-order valence-corrected chi connectivity index (χ2v) is 10.8. The maximum absolute atomic E-state index is 11.5. The first-order chi connectivity index (χ1) is 20.5. The van der Waals surface area contributed by atoms with Crippen LogP contribution in [0.2, 0.25) is 0 Å². The first kappa shape index (κ1) is 41.3. The van der Waals surface area contributed by atoms with E-state index in [-0.39, 0.29) is 11.3 Å². The molecule has 0 saturated heterocycles. The minimum absolute atomic E-state index is 0.169. The Bertz CT molecular complexity index is 1100. The van der Waals surface area contributed by atoms with Crippen LogP contribution in [-0.2, 0) is 20.8 Å². The van der Waals surface area contributed by atoms with Crippen molar-refractivity contribution >= 4 is 47.3 Å². The molecule has 0 aromatic heterocycles. The van der Waals surface area contributed by atoms with Crippen LogP contribution in [0.1, 0.15) is 57.9 Å². The van der Waals surface area contributed by atoms with Crippen LogP contribution >= 0.6 is 11.8 Å². The van der Waals surface area contributed by atoms with Crippen LogP contribution in [0.25, 0.3) is 0 Å². The molecule has 236 valence electrons. The van der Waals surface area contributed by atoms with E-state index in [0.717, 1.165) is 35.4 Å². The molecule has 2 rings (SSSR count). The first-order valence-electron chi connectivity index (χ1n) is 14.2. The summed E-state index contributed by atoms with van der Waals surface area (Å²) in [5.74, 6) is 0. The first-order valence-corrected chi connectivity index (χ1v) is 15.1. The van der Waals surface area contributed by atoms with Gasteiger partial charge in [-0.3, -0.25) is 9.79 Å². The number of allylic oxidation sites excluding steroid dienone is 3. The molecule has 1 atom stereocenters. The third kappa shape index (κ3) is 23.4. The summed E-state index contributed by atoms with van der Waals surface area (Å²) in [5, 5.41) is 13.0. The zero-order chi connectivity index (χ0) is 33.0. The van der Waals surface area contributed by atoms with E-state index in [1.807, 2.05) is 82.2 Å². The Hall–Kier alpha value is -3.82. The van der Waals surface area contributed by atoms with Crippen LogP contribution in [0.3, 0.4) is 0 Å². The number of hydrogen-bond acceptors (Lipinski definition) is 7. The van der Waals surface area contributed by atoms with Crippen molar-refractivity contribution in [3.8, 4) is 0 Å². The number of amidine groups is 1. The zero-order valence-electron chi connectivity index (χ0n) is 27.0. The predicted molar refractivity (Wildman–Crippen MR) is 187 cm³/mol. The summed E-state index contributed by atoms with van der Waals surface area (Å²) in [6.45, 7) is 16.3. The lowest BCUT2D eigenvalue weighted by molar-refractivity contribution is -0.108. The molecule has 8 nitrogen and oxygen atoms in total. The number of aldehydes is 2. The molecule has 0 aliphatic heterocycles. The monoisotopic (exact) mass is 609 g/mol. The average molecular weight is 610 g/mol. The van der Waals surface area contributed by atoms with Gasteiger partial charge in [-0.05, 0) is 64.1 Å². The van der Waals surface area contributed by atoms with Gasteiger partial charge in [0, 0.05) is 43.5 Å².